The molecule has 6 heteroatoms. The Hall–Kier alpha value is -2.08. The lowest BCUT2D eigenvalue weighted by molar-refractivity contribution is 0.696. The maximum Gasteiger partial charge on any atom is 0.132 e. The van der Waals surface area contributed by atoms with E-state index in [0.717, 1.165) is 29.5 Å². The second kappa shape index (κ2) is 6.38. The van der Waals surface area contributed by atoms with Crippen LogP contribution in [0.15, 0.2) is 24.7 Å². The number of hydrogen-bond donors (Lipinski definition) is 1. The Kier molecular flexibility index (Phi) is 4.57. The minimum absolute atomic E-state index is 0.109. The molecule has 0 spiro atoms. The molecule has 1 atom stereocenters. The van der Waals surface area contributed by atoms with Crippen molar-refractivity contribution in [2.75, 3.05) is 18.5 Å². The Morgan fingerprint density at radius 1 is 1.35 bits per heavy atom. The van der Waals surface area contributed by atoms with Gasteiger partial charge in [0.1, 0.15) is 18.0 Å². The van der Waals surface area contributed by atoms with Gasteiger partial charge >= 0.3 is 0 Å². The van der Waals surface area contributed by atoms with Gasteiger partial charge in [0.25, 0.3) is 0 Å². The van der Waals surface area contributed by atoms with E-state index in [9.17, 15) is 0 Å². The van der Waals surface area contributed by atoms with Gasteiger partial charge in [0, 0.05) is 31.4 Å². The van der Waals surface area contributed by atoms with E-state index in [1.807, 2.05) is 26.1 Å². The van der Waals surface area contributed by atoms with Gasteiger partial charge in [-0.05, 0) is 26.5 Å². The second-order valence-corrected chi connectivity index (χ2v) is 4.72. The van der Waals surface area contributed by atoms with Crippen molar-refractivity contribution >= 4 is 5.82 Å². The van der Waals surface area contributed by atoms with Crippen LogP contribution < -0.4 is 10.6 Å². The first-order valence-electron chi connectivity index (χ1n) is 6.65. The van der Waals surface area contributed by atoms with Crippen molar-refractivity contribution in [3.8, 4) is 0 Å². The van der Waals surface area contributed by atoms with Gasteiger partial charge in [0.15, 0.2) is 0 Å². The zero-order valence-electron chi connectivity index (χ0n) is 12.1. The van der Waals surface area contributed by atoms with Gasteiger partial charge < -0.3 is 10.6 Å². The fourth-order valence-electron chi connectivity index (χ4n) is 2.01. The molecule has 2 aromatic rings. The van der Waals surface area contributed by atoms with Gasteiger partial charge in [0.2, 0.25) is 0 Å². The minimum atomic E-state index is 0.109. The Labute approximate surface area is 119 Å². The van der Waals surface area contributed by atoms with Gasteiger partial charge in [-0.15, -0.1) is 0 Å². The lowest BCUT2D eigenvalue weighted by atomic mass is 10.2. The Morgan fingerprint density at radius 2 is 2.15 bits per heavy atom. The van der Waals surface area contributed by atoms with Crippen LogP contribution in [-0.2, 0) is 6.42 Å². The molecule has 2 rings (SSSR count). The van der Waals surface area contributed by atoms with Crippen molar-refractivity contribution in [2.45, 2.75) is 26.3 Å². The fraction of sp³-hybridized carbons (Fsp3) is 0.429. The van der Waals surface area contributed by atoms with Crippen LogP contribution in [0.1, 0.15) is 30.2 Å². The smallest absolute Gasteiger partial charge is 0.132 e. The summed E-state index contributed by atoms with van der Waals surface area (Å²) in [7, 11) is 2.00. The molecule has 0 amide bonds. The summed E-state index contributed by atoms with van der Waals surface area (Å²) in [5.41, 5.74) is 7.52. The average molecular weight is 272 g/mol. The van der Waals surface area contributed by atoms with Crippen LogP contribution >= 0.6 is 0 Å². The predicted octanol–water partition coefficient (Wildman–Crippen LogP) is 1.27. The summed E-state index contributed by atoms with van der Waals surface area (Å²) >= 11 is 0. The standard InChI is InChI=1S/C14H20N6/c1-10(13-5-7-16-9-17-13)20(3)14-8-12(4-6-15)18-11(2)19-14/h5,7-10H,4,6,15H2,1-3H3/t10-/m1/s1. The molecule has 0 aliphatic heterocycles. The Bertz CT molecular complexity index is 557. The molecule has 6 nitrogen and oxygen atoms in total. The number of rotatable bonds is 5. The molecule has 0 fully saturated rings. The topological polar surface area (TPSA) is 80.8 Å². The molecule has 0 saturated carbocycles. The normalized spacial score (nSPS) is 12.2. The quantitative estimate of drug-likeness (QED) is 0.883. The summed E-state index contributed by atoms with van der Waals surface area (Å²) in [6, 6.07) is 4.01. The van der Waals surface area contributed by atoms with Gasteiger partial charge in [-0.3, -0.25) is 0 Å². The van der Waals surface area contributed by atoms with Gasteiger partial charge in [-0.25, -0.2) is 19.9 Å². The van der Waals surface area contributed by atoms with E-state index in [2.05, 4.69) is 31.8 Å². The number of aryl methyl sites for hydroxylation is 1. The predicted molar refractivity (Wildman–Crippen MR) is 78.4 cm³/mol. The van der Waals surface area contributed by atoms with E-state index < -0.39 is 0 Å². The number of nitrogens with zero attached hydrogens (tertiary/aromatic N) is 5. The van der Waals surface area contributed by atoms with Crippen LogP contribution in [0.25, 0.3) is 0 Å². The number of aromatic nitrogens is 4. The maximum atomic E-state index is 5.60. The van der Waals surface area contributed by atoms with Crippen LogP contribution in [0.5, 0.6) is 0 Å². The van der Waals surface area contributed by atoms with E-state index in [1.165, 1.54) is 0 Å². The average Bonchev–Trinajstić information content (AvgIpc) is 2.46. The molecule has 0 aromatic carbocycles. The van der Waals surface area contributed by atoms with Gasteiger partial charge in [-0.1, -0.05) is 0 Å². The Morgan fingerprint density at radius 3 is 2.80 bits per heavy atom. The van der Waals surface area contributed by atoms with Gasteiger partial charge in [-0.2, -0.15) is 0 Å². The maximum absolute atomic E-state index is 5.60. The number of hydrogen-bond acceptors (Lipinski definition) is 6. The highest BCUT2D eigenvalue weighted by Gasteiger charge is 2.15. The molecule has 0 radical (unpaired) electrons. The first-order valence-corrected chi connectivity index (χ1v) is 6.65. The SMILES string of the molecule is Cc1nc(CCN)cc(N(C)[C@H](C)c2ccncn2)n1. The Balaban J connectivity index is 2.26. The van der Waals surface area contributed by atoms with Crippen molar-refractivity contribution in [3.05, 3.63) is 41.9 Å². The van der Waals surface area contributed by atoms with Crippen molar-refractivity contribution in [1.29, 1.82) is 0 Å². The first kappa shape index (κ1) is 14.3. The van der Waals surface area contributed by atoms with E-state index in [0.29, 0.717) is 6.54 Å². The highest BCUT2D eigenvalue weighted by molar-refractivity contribution is 5.41. The first-order chi connectivity index (χ1) is 9.61. The van der Waals surface area contributed by atoms with E-state index in [4.69, 9.17) is 5.73 Å². The van der Waals surface area contributed by atoms with Crippen LogP contribution in [0, 0.1) is 6.92 Å². The molecule has 0 saturated heterocycles. The zero-order chi connectivity index (χ0) is 14.5. The summed E-state index contributed by atoms with van der Waals surface area (Å²) in [6.45, 7) is 4.57. The highest BCUT2D eigenvalue weighted by atomic mass is 15.2. The highest BCUT2D eigenvalue weighted by Crippen LogP contribution is 2.22. The number of anilines is 1. The van der Waals surface area contributed by atoms with Crippen LogP contribution in [0.4, 0.5) is 5.82 Å². The molecule has 2 heterocycles. The molecular formula is C14H20N6. The minimum Gasteiger partial charge on any atom is -0.351 e. The molecule has 0 unspecified atom stereocenters. The largest absolute Gasteiger partial charge is 0.351 e. The second-order valence-electron chi connectivity index (χ2n) is 4.72. The third-order valence-corrected chi connectivity index (χ3v) is 3.25. The summed E-state index contributed by atoms with van der Waals surface area (Å²) in [4.78, 5) is 19.2. The third-order valence-electron chi connectivity index (χ3n) is 3.25. The van der Waals surface area contributed by atoms with Crippen LogP contribution in [0.2, 0.25) is 0 Å². The zero-order valence-corrected chi connectivity index (χ0v) is 12.1. The summed E-state index contributed by atoms with van der Waals surface area (Å²) in [5, 5.41) is 0. The van der Waals surface area contributed by atoms with Crippen LogP contribution in [-0.4, -0.2) is 33.5 Å². The molecule has 2 aromatic heterocycles. The van der Waals surface area contributed by atoms with E-state index in [1.54, 1.807) is 12.5 Å². The molecule has 106 valence electrons. The molecule has 0 bridgehead atoms. The van der Waals surface area contributed by atoms with Crippen molar-refractivity contribution < 1.29 is 0 Å². The fourth-order valence-corrected chi connectivity index (χ4v) is 2.01. The molecule has 2 N–H and O–H groups in total. The van der Waals surface area contributed by atoms with Crippen molar-refractivity contribution in [2.24, 2.45) is 5.73 Å². The lowest BCUT2D eigenvalue weighted by Gasteiger charge is -2.25. The molecule has 0 aliphatic carbocycles. The summed E-state index contributed by atoms with van der Waals surface area (Å²) < 4.78 is 0. The summed E-state index contributed by atoms with van der Waals surface area (Å²) in [5.74, 6) is 1.64. The summed E-state index contributed by atoms with van der Waals surface area (Å²) in [6.07, 6.45) is 4.06. The van der Waals surface area contributed by atoms with Crippen LogP contribution in [0.3, 0.4) is 0 Å². The van der Waals surface area contributed by atoms with Crippen molar-refractivity contribution in [3.63, 3.8) is 0 Å². The third kappa shape index (κ3) is 3.27. The molecule has 20 heavy (non-hydrogen) atoms. The van der Waals surface area contributed by atoms with Crippen molar-refractivity contribution in [1.82, 2.24) is 19.9 Å². The molecule has 0 aliphatic rings. The monoisotopic (exact) mass is 272 g/mol. The number of nitrogens with two attached hydrogens (primary N) is 1. The van der Waals surface area contributed by atoms with Gasteiger partial charge in [0.05, 0.1) is 11.7 Å². The van der Waals surface area contributed by atoms with E-state index in [-0.39, 0.29) is 6.04 Å². The lowest BCUT2D eigenvalue weighted by Crippen LogP contribution is -2.24. The van der Waals surface area contributed by atoms with E-state index >= 15 is 0 Å². The molecular weight excluding hydrogens is 252 g/mol.